The first-order valence-corrected chi connectivity index (χ1v) is 5.34. The van der Waals surface area contributed by atoms with E-state index < -0.39 is 21.2 Å². The van der Waals surface area contributed by atoms with E-state index in [2.05, 4.69) is 22.0 Å². The molecule has 0 bridgehead atoms. The van der Waals surface area contributed by atoms with Crippen LogP contribution in [0.3, 0.4) is 0 Å². The second kappa shape index (κ2) is 5.22. The first-order valence-electron chi connectivity index (χ1n) is 5.34. The fraction of sp³-hybridized carbons (Fsp3) is 0.100. The zero-order valence-electron chi connectivity index (χ0n) is 10.0. The van der Waals surface area contributed by atoms with Gasteiger partial charge in [0.2, 0.25) is 5.82 Å². The molecule has 1 aromatic carbocycles. The van der Waals surface area contributed by atoms with Crippen LogP contribution in [0.4, 0.5) is 11.4 Å². The molecule has 0 saturated carbocycles. The molecule has 0 spiro atoms. The number of nitro groups is 2. The van der Waals surface area contributed by atoms with Gasteiger partial charge in [-0.3, -0.25) is 20.2 Å². The summed E-state index contributed by atoms with van der Waals surface area (Å²) in [4.78, 5) is 21.3. The van der Waals surface area contributed by atoms with Crippen LogP contribution >= 0.6 is 0 Å². The fourth-order valence-electron chi connectivity index (χ4n) is 1.49. The normalized spacial score (nSPS) is 10.2. The van der Waals surface area contributed by atoms with Gasteiger partial charge in [0.15, 0.2) is 0 Å². The summed E-state index contributed by atoms with van der Waals surface area (Å²) in [7, 11) is 0. The Morgan fingerprint density at radius 3 is 2.30 bits per heavy atom. The Hall–Kier alpha value is -3.17. The number of nitro benzene ring substituents is 2. The van der Waals surface area contributed by atoms with Crippen LogP contribution < -0.4 is 0 Å². The summed E-state index contributed by atoms with van der Waals surface area (Å²) in [6.45, 7) is 3.81. The number of benzene rings is 1. The molecule has 102 valence electrons. The largest absolute Gasteiger partial charge is 0.277 e. The minimum atomic E-state index is -0.718. The van der Waals surface area contributed by atoms with Crippen molar-refractivity contribution in [3.63, 3.8) is 0 Å². The van der Waals surface area contributed by atoms with Gasteiger partial charge in [-0.15, -0.1) is 16.8 Å². The van der Waals surface area contributed by atoms with Crippen LogP contribution in [-0.2, 0) is 6.54 Å². The van der Waals surface area contributed by atoms with Crippen LogP contribution in [0.2, 0.25) is 0 Å². The topological polar surface area (TPSA) is 130 Å². The van der Waals surface area contributed by atoms with E-state index in [1.54, 1.807) is 6.08 Å². The number of hydrogen-bond donors (Lipinski definition) is 0. The highest BCUT2D eigenvalue weighted by molar-refractivity contribution is 5.63. The Labute approximate surface area is 111 Å². The van der Waals surface area contributed by atoms with Crippen LogP contribution in [0.15, 0.2) is 30.9 Å². The van der Waals surface area contributed by atoms with Gasteiger partial charge in [-0.05, 0) is 5.21 Å². The highest BCUT2D eigenvalue weighted by Crippen LogP contribution is 2.27. The van der Waals surface area contributed by atoms with Crippen LogP contribution in [0.5, 0.6) is 0 Å². The van der Waals surface area contributed by atoms with E-state index in [0.29, 0.717) is 6.54 Å². The third-order valence-electron chi connectivity index (χ3n) is 2.33. The van der Waals surface area contributed by atoms with Crippen LogP contribution in [-0.4, -0.2) is 30.1 Å². The average molecular weight is 276 g/mol. The van der Waals surface area contributed by atoms with E-state index in [4.69, 9.17) is 0 Å². The van der Waals surface area contributed by atoms with E-state index >= 15 is 0 Å². The first kappa shape index (κ1) is 13.3. The van der Waals surface area contributed by atoms with E-state index in [0.717, 1.165) is 18.2 Å². The Morgan fingerprint density at radius 1 is 1.20 bits per heavy atom. The van der Waals surface area contributed by atoms with Crippen molar-refractivity contribution in [2.75, 3.05) is 0 Å². The number of allylic oxidation sites excluding steroid dienone is 1. The summed E-state index contributed by atoms with van der Waals surface area (Å²) < 4.78 is 0. The van der Waals surface area contributed by atoms with Crippen LogP contribution in [0.1, 0.15) is 0 Å². The number of non-ortho nitro benzene ring substituents is 2. The van der Waals surface area contributed by atoms with Gasteiger partial charge in [0.25, 0.3) is 11.4 Å². The molecule has 0 unspecified atom stereocenters. The van der Waals surface area contributed by atoms with E-state index in [-0.39, 0.29) is 11.4 Å². The molecule has 0 N–H and O–H groups in total. The lowest BCUT2D eigenvalue weighted by atomic mass is 10.1. The van der Waals surface area contributed by atoms with Crippen molar-refractivity contribution in [1.82, 2.24) is 20.2 Å². The molecule has 20 heavy (non-hydrogen) atoms. The second-order valence-electron chi connectivity index (χ2n) is 3.71. The van der Waals surface area contributed by atoms with Gasteiger partial charge in [0, 0.05) is 17.7 Å². The van der Waals surface area contributed by atoms with Gasteiger partial charge in [0.1, 0.15) is 0 Å². The highest BCUT2D eigenvalue weighted by Gasteiger charge is 2.19. The molecular formula is C10H8N6O4. The molecule has 10 heteroatoms. The van der Waals surface area contributed by atoms with Gasteiger partial charge in [0.05, 0.1) is 22.5 Å². The molecule has 0 aliphatic carbocycles. The maximum absolute atomic E-state index is 10.8. The predicted molar refractivity (Wildman–Crippen MR) is 66.8 cm³/mol. The van der Waals surface area contributed by atoms with E-state index in [1.165, 1.54) is 4.80 Å². The minimum absolute atomic E-state index is 0.0682. The Balaban J connectivity index is 2.51. The number of nitrogens with zero attached hydrogens (tertiary/aromatic N) is 6. The standard InChI is InChI=1S/C10H8N6O4/c1-2-3-14-12-10(11-13-14)7-4-8(15(17)18)6-9(5-7)16(19)20/h2,4-6H,1,3H2. The number of tetrazole rings is 1. The Bertz CT molecular complexity index is 663. The van der Waals surface area contributed by atoms with Crippen molar-refractivity contribution < 1.29 is 9.85 Å². The summed E-state index contributed by atoms with van der Waals surface area (Å²) in [6, 6.07) is 3.18. The molecule has 10 nitrogen and oxygen atoms in total. The predicted octanol–water partition coefficient (Wildman–Crippen LogP) is 1.34. The van der Waals surface area contributed by atoms with Gasteiger partial charge in [-0.1, -0.05) is 6.08 Å². The molecule has 0 radical (unpaired) electrons. The van der Waals surface area contributed by atoms with E-state index in [1.807, 2.05) is 0 Å². The first-order chi connectivity index (χ1) is 9.51. The van der Waals surface area contributed by atoms with Crippen molar-refractivity contribution in [3.05, 3.63) is 51.1 Å². The molecule has 0 aliphatic rings. The monoisotopic (exact) mass is 276 g/mol. The third kappa shape index (κ3) is 2.63. The summed E-state index contributed by atoms with van der Waals surface area (Å²) in [5.41, 5.74) is -0.662. The molecule has 2 aromatic rings. The quantitative estimate of drug-likeness (QED) is 0.457. The molecule has 2 rings (SSSR count). The number of aromatic nitrogens is 4. The van der Waals surface area contributed by atoms with Gasteiger partial charge >= 0.3 is 0 Å². The third-order valence-corrected chi connectivity index (χ3v) is 2.33. The smallest absolute Gasteiger partial charge is 0.258 e. The van der Waals surface area contributed by atoms with Gasteiger partial charge < -0.3 is 0 Å². The lowest BCUT2D eigenvalue weighted by molar-refractivity contribution is -0.394. The summed E-state index contributed by atoms with van der Waals surface area (Å²) in [5, 5.41) is 32.9. The van der Waals surface area contributed by atoms with Crippen molar-refractivity contribution in [2.45, 2.75) is 6.54 Å². The maximum atomic E-state index is 10.8. The van der Waals surface area contributed by atoms with Crippen LogP contribution in [0.25, 0.3) is 11.4 Å². The van der Waals surface area contributed by atoms with Crippen molar-refractivity contribution in [1.29, 1.82) is 0 Å². The summed E-state index contributed by atoms with van der Waals surface area (Å²) in [6.07, 6.45) is 1.54. The molecule has 0 saturated heterocycles. The number of rotatable bonds is 5. The van der Waals surface area contributed by atoms with Crippen molar-refractivity contribution in [2.24, 2.45) is 0 Å². The molecular weight excluding hydrogens is 268 g/mol. The van der Waals surface area contributed by atoms with Crippen LogP contribution in [0, 0.1) is 20.2 Å². The molecule has 0 aliphatic heterocycles. The van der Waals surface area contributed by atoms with E-state index in [9.17, 15) is 20.2 Å². The highest BCUT2D eigenvalue weighted by atomic mass is 16.6. The maximum Gasteiger partial charge on any atom is 0.277 e. The average Bonchev–Trinajstić information content (AvgIpc) is 2.87. The SMILES string of the molecule is C=CCn1nnc(-c2cc([N+](=O)[O-])cc([N+](=O)[O-])c2)n1. The van der Waals surface area contributed by atoms with Crippen molar-refractivity contribution >= 4 is 11.4 Å². The van der Waals surface area contributed by atoms with Gasteiger partial charge in [-0.2, -0.15) is 4.80 Å². The zero-order chi connectivity index (χ0) is 14.7. The zero-order valence-corrected chi connectivity index (χ0v) is 10.0. The molecule has 0 atom stereocenters. The second-order valence-corrected chi connectivity index (χ2v) is 3.71. The molecule has 0 amide bonds. The van der Waals surface area contributed by atoms with Gasteiger partial charge in [-0.25, -0.2) is 0 Å². The number of hydrogen-bond acceptors (Lipinski definition) is 7. The summed E-state index contributed by atoms with van der Waals surface area (Å²) in [5.74, 6) is 0.0682. The Kier molecular flexibility index (Phi) is 3.46. The molecule has 1 heterocycles. The summed E-state index contributed by atoms with van der Waals surface area (Å²) >= 11 is 0. The lowest BCUT2D eigenvalue weighted by Gasteiger charge is -1.97. The minimum Gasteiger partial charge on any atom is -0.258 e. The lowest BCUT2D eigenvalue weighted by Crippen LogP contribution is -1.99. The van der Waals surface area contributed by atoms with Crippen molar-refractivity contribution in [3.8, 4) is 11.4 Å². The molecule has 1 aromatic heterocycles. The molecule has 0 fully saturated rings. The fourth-order valence-corrected chi connectivity index (χ4v) is 1.49. The Morgan fingerprint density at radius 2 is 1.80 bits per heavy atom.